The SMILES string of the molecule is CCOc1ccccc1N(CC(=O)N(Cc1ccccc1C)C(Cc1ccccc1)C(=O)NC(C)(C)C)S(C)(=O)=O. The van der Waals surface area contributed by atoms with Crippen LogP contribution < -0.4 is 14.4 Å². The zero-order chi connectivity index (χ0) is 30.2. The van der Waals surface area contributed by atoms with Crippen LogP contribution in [0.5, 0.6) is 5.75 Å². The minimum atomic E-state index is -3.90. The van der Waals surface area contributed by atoms with E-state index in [1.54, 1.807) is 31.2 Å². The van der Waals surface area contributed by atoms with Crippen LogP contribution in [-0.4, -0.2) is 56.1 Å². The van der Waals surface area contributed by atoms with E-state index in [9.17, 15) is 18.0 Å². The summed E-state index contributed by atoms with van der Waals surface area (Å²) >= 11 is 0. The van der Waals surface area contributed by atoms with E-state index in [0.29, 0.717) is 12.4 Å². The Kier molecular flexibility index (Phi) is 10.6. The van der Waals surface area contributed by atoms with Crippen LogP contribution in [0.2, 0.25) is 0 Å². The summed E-state index contributed by atoms with van der Waals surface area (Å²) in [7, 11) is -3.90. The number of carbonyl (C=O) groups excluding carboxylic acids is 2. The molecule has 0 bridgehead atoms. The van der Waals surface area contributed by atoms with Crippen LogP contribution in [0.4, 0.5) is 5.69 Å². The molecule has 0 saturated carbocycles. The van der Waals surface area contributed by atoms with Crippen molar-refractivity contribution in [2.24, 2.45) is 0 Å². The monoisotopic (exact) mass is 579 g/mol. The molecule has 0 saturated heterocycles. The van der Waals surface area contributed by atoms with Crippen molar-refractivity contribution in [1.82, 2.24) is 10.2 Å². The van der Waals surface area contributed by atoms with Crippen molar-refractivity contribution in [1.29, 1.82) is 0 Å². The van der Waals surface area contributed by atoms with Crippen LogP contribution in [0.15, 0.2) is 78.9 Å². The number of benzene rings is 3. The van der Waals surface area contributed by atoms with Crippen LogP contribution in [0.25, 0.3) is 0 Å². The molecular formula is C32H41N3O5S. The average Bonchev–Trinajstić information content (AvgIpc) is 2.90. The van der Waals surface area contributed by atoms with E-state index in [1.807, 2.05) is 82.3 Å². The molecule has 0 aliphatic rings. The number of hydrogen-bond acceptors (Lipinski definition) is 5. The van der Waals surface area contributed by atoms with Gasteiger partial charge < -0.3 is 15.0 Å². The van der Waals surface area contributed by atoms with Crippen LogP contribution >= 0.6 is 0 Å². The molecule has 3 rings (SSSR count). The molecule has 3 aromatic rings. The van der Waals surface area contributed by atoms with Crippen LogP contribution in [0.3, 0.4) is 0 Å². The Labute approximate surface area is 244 Å². The quantitative estimate of drug-likeness (QED) is 0.335. The van der Waals surface area contributed by atoms with Crippen molar-refractivity contribution in [2.75, 3.05) is 23.7 Å². The van der Waals surface area contributed by atoms with E-state index in [4.69, 9.17) is 4.74 Å². The molecule has 0 radical (unpaired) electrons. The number of amides is 2. The Balaban J connectivity index is 2.11. The zero-order valence-corrected chi connectivity index (χ0v) is 25.6. The van der Waals surface area contributed by atoms with E-state index in [2.05, 4.69) is 5.32 Å². The number of para-hydroxylation sites is 2. The highest BCUT2D eigenvalue weighted by Gasteiger charge is 2.35. The summed E-state index contributed by atoms with van der Waals surface area (Å²) in [4.78, 5) is 29.6. The number of aryl methyl sites for hydroxylation is 1. The van der Waals surface area contributed by atoms with Gasteiger partial charge in [0.05, 0.1) is 18.6 Å². The predicted octanol–water partition coefficient (Wildman–Crippen LogP) is 4.71. The molecule has 0 aromatic heterocycles. The normalized spacial score (nSPS) is 12.3. The molecule has 2 amide bonds. The lowest BCUT2D eigenvalue weighted by molar-refractivity contribution is -0.140. The highest BCUT2D eigenvalue weighted by molar-refractivity contribution is 7.92. The van der Waals surface area contributed by atoms with Gasteiger partial charge in [-0.2, -0.15) is 0 Å². The van der Waals surface area contributed by atoms with Gasteiger partial charge in [-0.3, -0.25) is 13.9 Å². The second-order valence-corrected chi connectivity index (χ2v) is 13.0. The van der Waals surface area contributed by atoms with Gasteiger partial charge in [-0.25, -0.2) is 8.42 Å². The lowest BCUT2D eigenvalue weighted by Crippen LogP contribution is -2.56. The third-order valence-corrected chi connectivity index (χ3v) is 7.61. The summed E-state index contributed by atoms with van der Waals surface area (Å²) in [6.07, 6.45) is 1.32. The van der Waals surface area contributed by atoms with Gasteiger partial charge in [-0.05, 0) is 63.4 Å². The highest BCUT2D eigenvalue weighted by Crippen LogP contribution is 2.30. The third kappa shape index (κ3) is 9.08. The Hall–Kier alpha value is -3.85. The maximum absolute atomic E-state index is 14.3. The molecule has 3 aromatic carbocycles. The van der Waals surface area contributed by atoms with Gasteiger partial charge in [0.15, 0.2) is 0 Å². The van der Waals surface area contributed by atoms with Crippen LogP contribution in [0, 0.1) is 6.92 Å². The number of nitrogens with zero attached hydrogens (tertiary/aromatic N) is 2. The minimum absolute atomic E-state index is 0.130. The zero-order valence-electron chi connectivity index (χ0n) is 24.8. The smallest absolute Gasteiger partial charge is 0.244 e. The highest BCUT2D eigenvalue weighted by atomic mass is 32.2. The number of rotatable bonds is 12. The molecule has 220 valence electrons. The van der Waals surface area contributed by atoms with E-state index in [1.165, 1.54) is 4.90 Å². The van der Waals surface area contributed by atoms with Crippen LogP contribution in [-0.2, 0) is 32.6 Å². The minimum Gasteiger partial charge on any atom is -0.492 e. The van der Waals surface area contributed by atoms with E-state index < -0.39 is 34.1 Å². The molecule has 1 N–H and O–H groups in total. The molecule has 0 aliphatic heterocycles. The van der Waals surface area contributed by atoms with Gasteiger partial charge in [0.2, 0.25) is 21.8 Å². The van der Waals surface area contributed by atoms with Crippen molar-refractivity contribution >= 4 is 27.5 Å². The van der Waals surface area contributed by atoms with Gasteiger partial charge in [0.1, 0.15) is 18.3 Å². The first-order chi connectivity index (χ1) is 19.3. The topological polar surface area (TPSA) is 96.0 Å². The number of carbonyl (C=O) groups is 2. The Morgan fingerprint density at radius 1 is 0.927 bits per heavy atom. The summed E-state index contributed by atoms with van der Waals surface area (Å²) in [5, 5.41) is 3.03. The van der Waals surface area contributed by atoms with Crippen LogP contribution in [0.1, 0.15) is 44.4 Å². The first-order valence-corrected chi connectivity index (χ1v) is 15.5. The van der Waals surface area contributed by atoms with Gasteiger partial charge in [0, 0.05) is 18.5 Å². The fraction of sp³-hybridized carbons (Fsp3) is 0.375. The van der Waals surface area contributed by atoms with E-state index >= 15 is 0 Å². The molecule has 0 spiro atoms. The summed E-state index contributed by atoms with van der Waals surface area (Å²) in [6, 6.07) is 23.0. The Morgan fingerprint density at radius 3 is 2.15 bits per heavy atom. The largest absolute Gasteiger partial charge is 0.492 e. The first kappa shape index (κ1) is 31.7. The number of nitrogens with one attached hydrogen (secondary N) is 1. The second kappa shape index (κ2) is 13.7. The number of ether oxygens (including phenoxy) is 1. The molecule has 0 heterocycles. The fourth-order valence-corrected chi connectivity index (χ4v) is 5.37. The Bertz CT molecular complexity index is 1430. The maximum atomic E-state index is 14.3. The van der Waals surface area contributed by atoms with Crippen molar-refractivity contribution in [3.63, 3.8) is 0 Å². The first-order valence-electron chi connectivity index (χ1n) is 13.7. The standard InChI is InChI=1S/C32H41N3O5S/c1-7-40-29-20-14-13-19-27(29)35(41(6,38)39)23-30(36)34(22-26-18-12-11-15-24(26)2)28(31(37)33-32(3,4)5)21-25-16-9-8-10-17-25/h8-20,28H,7,21-23H2,1-6H3,(H,33,37). The summed E-state index contributed by atoms with van der Waals surface area (Å²) in [5.41, 5.74) is 2.42. The summed E-state index contributed by atoms with van der Waals surface area (Å²) < 4.78 is 32.9. The summed E-state index contributed by atoms with van der Waals surface area (Å²) in [5.74, 6) is -0.469. The van der Waals surface area contributed by atoms with Gasteiger partial charge in [-0.15, -0.1) is 0 Å². The molecular weight excluding hydrogens is 538 g/mol. The molecule has 8 nitrogen and oxygen atoms in total. The molecule has 1 atom stereocenters. The molecule has 0 aliphatic carbocycles. The van der Waals surface area contributed by atoms with Crippen molar-refractivity contribution in [2.45, 2.75) is 59.2 Å². The van der Waals surface area contributed by atoms with Gasteiger partial charge >= 0.3 is 0 Å². The number of hydrogen-bond donors (Lipinski definition) is 1. The van der Waals surface area contributed by atoms with E-state index in [0.717, 1.165) is 27.3 Å². The second-order valence-electron chi connectivity index (χ2n) is 11.1. The Morgan fingerprint density at radius 2 is 1.54 bits per heavy atom. The fourth-order valence-electron chi connectivity index (χ4n) is 4.51. The molecule has 41 heavy (non-hydrogen) atoms. The average molecular weight is 580 g/mol. The molecule has 9 heteroatoms. The van der Waals surface area contributed by atoms with Crippen molar-refractivity contribution < 1.29 is 22.7 Å². The van der Waals surface area contributed by atoms with Crippen molar-refractivity contribution in [3.05, 3.63) is 95.6 Å². The van der Waals surface area contributed by atoms with Gasteiger partial charge in [0.25, 0.3) is 0 Å². The number of anilines is 1. The van der Waals surface area contributed by atoms with Crippen molar-refractivity contribution in [3.8, 4) is 5.75 Å². The van der Waals surface area contributed by atoms with E-state index in [-0.39, 0.29) is 24.6 Å². The molecule has 1 unspecified atom stereocenters. The predicted molar refractivity (Wildman–Crippen MR) is 163 cm³/mol. The maximum Gasteiger partial charge on any atom is 0.244 e. The lowest BCUT2D eigenvalue weighted by atomic mass is 10.00. The molecule has 0 fully saturated rings. The van der Waals surface area contributed by atoms with Gasteiger partial charge in [-0.1, -0.05) is 66.7 Å². The lowest BCUT2D eigenvalue weighted by Gasteiger charge is -2.35. The third-order valence-electron chi connectivity index (χ3n) is 6.48. The number of sulfonamides is 1. The summed E-state index contributed by atoms with van der Waals surface area (Å²) in [6.45, 7) is 9.36.